The van der Waals surface area contributed by atoms with Gasteiger partial charge in [0.2, 0.25) is 0 Å². The Kier molecular flexibility index (Phi) is 3.15. The third-order valence-electron chi connectivity index (χ3n) is 2.52. The van der Waals surface area contributed by atoms with E-state index < -0.39 is 0 Å². The Morgan fingerprint density at radius 1 is 1.25 bits per heavy atom. The molecule has 0 unspecified atom stereocenters. The van der Waals surface area contributed by atoms with E-state index in [1.54, 1.807) is 6.20 Å². The second-order valence-electron chi connectivity index (χ2n) is 3.83. The number of Topliss-reactive ketones (excluding diaryl/α,β-unsaturated/α-hetero) is 1. The predicted octanol–water partition coefficient (Wildman–Crippen LogP) is 1.77. The van der Waals surface area contributed by atoms with E-state index in [-0.39, 0.29) is 5.78 Å². The van der Waals surface area contributed by atoms with Gasteiger partial charge in [-0.15, -0.1) is 0 Å². The Balaban J connectivity index is 1.98. The molecule has 1 heterocycles. The average Bonchev–Trinajstić information content (AvgIpc) is 2.66. The van der Waals surface area contributed by atoms with Crippen LogP contribution in [0.25, 0.3) is 0 Å². The molecule has 82 valence electrons. The van der Waals surface area contributed by atoms with Crippen LogP contribution in [0.2, 0.25) is 0 Å². The lowest BCUT2D eigenvalue weighted by Crippen LogP contribution is -2.10. The molecule has 1 aromatic heterocycles. The number of rotatable bonds is 4. The molecule has 0 fully saturated rings. The van der Waals surface area contributed by atoms with Gasteiger partial charge in [-0.1, -0.05) is 30.3 Å². The first-order valence-electron chi connectivity index (χ1n) is 5.27. The number of aryl methyl sites for hydroxylation is 1. The van der Waals surface area contributed by atoms with Gasteiger partial charge in [-0.2, -0.15) is 0 Å². The van der Waals surface area contributed by atoms with Crippen LogP contribution >= 0.6 is 0 Å². The molecule has 0 N–H and O–H groups in total. The smallest absolute Gasteiger partial charge is 0.144 e. The first kappa shape index (κ1) is 10.6. The van der Waals surface area contributed by atoms with E-state index in [0.29, 0.717) is 12.8 Å². The van der Waals surface area contributed by atoms with Crippen LogP contribution in [0.1, 0.15) is 11.4 Å². The number of nitrogens with zero attached hydrogens (tertiary/aromatic N) is 2. The van der Waals surface area contributed by atoms with E-state index in [1.807, 2.05) is 48.1 Å². The third kappa shape index (κ3) is 2.57. The number of carbonyl (C=O) groups is 1. The number of benzene rings is 1. The molecular formula is C13H14N2O. The van der Waals surface area contributed by atoms with Crippen molar-refractivity contribution < 1.29 is 4.79 Å². The fourth-order valence-corrected chi connectivity index (χ4v) is 1.63. The molecule has 0 atom stereocenters. The lowest BCUT2D eigenvalue weighted by Gasteiger charge is -2.01. The van der Waals surface area contributed by atoms with Crippen LogP contribution in [0, 0.1) is 0 Å². The first-order valence-corrected chi connectivity index (χ1v) is 5.27. The van der Waals surface area contributed by atoms with E-state index in [0.717, 1.165) is 11.4 Å². The Labute approximate surface area is 94.7 Å². The second kappa shape index (κ2) is 4.75. The fraction of sp³-hybridized carbons (Fsp3) is 0.231. The summed E-state index contributed by atoms with van der Waals surface area (Å²) in [6.45, 7) is 0. The van der Waals surface area contributed by atoms with Gasteiger partial charge in [-0.05, 0) is 5.56 Å². The Hall–Kier alpha value is -1.90. The van der Waals surface area contributed by atoms with E-state index in [2.05, 4.69) is 4.98 Å². The van der Waals surface area contributed by atoms with E-state index in [4.69, 9.17) is 0 Å². The molecule has 1 aromatic carbocycles. The largest absolute Gasteiger partial charge is 0.338 e. The molecule has 3 nitrogen and oxygen atoms in total. The average molecular weight is 214 g/mol. The van der Waals surface area contributed by atoms with Crippen molar-refractivity contribution >= 4 is 5.78 Å². The Morgan fingerprint density at radius 3 is 2.62 bits per heavy atom. The fourth-order valence-electron chi connectivity index (χ4n) is 1.63. The number of aromatic nitrogens is 2. The van der Waals surface area contributed by atoms with Gasteiger partial charge in [-0.3, -0.25) is 4.79 Å². The summed E-state index contributed by atoms with van der Waals surface area (Å²) in [6, 6.07) is 9.78. The van der Waals surface area contributed by atoms with Crippen molar-refractivity contribution in [1.29, 1.82) is 0 Å². The number of hydrogen-bond donors (Lipinski definition) is 0. The minimum absolute atomic E-state index is 0.195. The van der Waals surface area contributed by atoms with Crippen molar-refractivity contribution in [3.05, 3.63) is 54.1 Å². The second-order valence-corrected chi connectivity index (χ2v) is 3.83. The molecule has 3 heteroatoms. The summed E-state index contributed by atoms with van der Waals surface area (Å²) in [7, 11) is 1.90. The van der Waals surface area contributed by atoms with Crippen LogP contribution in [-0.4, -0.2) is 15.3 Å². The molecule has 0 amide bonds. The van der Waals surface area contributed by atoms with Gasteiger partial charge in [0.1, 0.15) is 11.6 Å². The van der Waals surface area contributed by atoms with Crippen molar-refractivity contribution in [3.63, 3.8) is 0 Å². The molecule has 0 spiro atoms. The normalized spacial score (nSPS) is 10.3. The van der Waals surface area contributed by atoms with Gasteiger partial charge in [0.15, 0.2) is 0 Å². The van der Waals surface area contributed by atoms with Gasteiger partial charge in [-0.25, -0.2) is 4.98 Å². The summed E-state index contributed by atoms with van der Waals surface area (Å²) < 4.78 is 1.88. The summed E-state index contributed by atoms with van der Waals surface area (Å²) in [5, 5.41) is 0. The van der Waals surface area contributed by atoms with Gasteiger partial charge in [0.25, 0.3) is 0 Å². The van der Waals surface area contributed by atoms with E-state index in [9.17, 15) is 4.79 Å². The molecule has 0 aliphatic carbocycles. The summed E-state index contributed by atoms with van der Waals surface area (Å²) >= 11 is 0. The van der Waals surface area contributed by atoms with Crippen molar-refractivity contribution in [1.82, 2.24) is 9.55 Å². The van der Waals surface area contributed by atoms with Crippen LogP contribution in [0.15, 0.2) is 42.7 Å². The maximum absolute atomic E-state index is 11.8. The molecule has 2 aromatic rings. The monoisotopic (exact) mass is 214 g/mol. The molecule has 0 saturated carbocycles. The van der Waals surface area contributed by atoms with E-state index >= 15 is 0 Å². The summed E-state index contributed by atoms with van der Waals surface area (Å²) in [4.78, 5) is 15.9. The number of carbonyl (C=O) groups excluding carboxylic acids is 1. The molecule has 0 saturated heterocycles. The highest BCUT2D eigenvalue weighted by Crippen LogP contribution is 2.03. The molecule has 0 aliphatic rings. The number of hydrogen-bond acceptors (Lipinski definition) is 2. The minimum Gasteiger partial charge on any atom is -0.338 e. The van der Waals surface area contributed by atoms with Crippen LogP contribution in [0.3, 0.4) is 0 Å². The van der Waals surface area contributed by atoms with Crippen LogP contribution in [0.4, 0.5) is 0 Å². The summed E-state index contributed by atoms with van der Waals surface area (Å²) in [5.41, 5.74) is 1.06. The number of ketones is 1. The number of imidazole rings is 1. The van der Waals surface area contributed by atoms with Crippen LogP contribution in [0.5, 0.6) is 0 Å². The van der Waals surface area contributed by atoms with Crippen molar-refractivity contribution in [2.24, 2.45) is 7.05 Å². The van der Waals surface area contributed by atoms with Gasteiger partial charge < -0.3 is 4.57 Å². The molecule has 0 aliphatic heterocycles. The SMILES string of the molecule is Cn1ccnc1CC(=O)Cc1ccccc1. The van der Waals surface area contributed by atoms with E-state index in [1.165, 1.54) is 0 Å². The summed E-state index contributed by atoms with van der Waals surface area (Å²) in [6.07, 6.45) is 4.45. The molecule has 2 rings (SSSR count). The Bertz CT molecular complexity index is 474. The lowest BCUT2D eigenvalue weighted by molar-refractivity contribution is -0.117. The van der Waals surface area contributed by atoms with Gasteiger partial charge >= 0.3 is 0 Å². The minimum atomic E-state index is 0.195. The maximum atomic E-state index is 11.8. The first-order chi connectivity index (χ1) is 7.75. The molecular weight excluding hydrogens is 200 g/mol. The standard InChI is InChI=1S/C13H14N2O/c1-15-8-7-14-13(15)10-12(16)9-11-5-3-2-4-6-11/h2-8H,9-10H2,1H3. The predicted molar refractivity (Wildman–Crippen MR) is 62.1 cm³/mol. The Morgan fingerprint density at radius 2 is 2.00 bits per heavy atom. The quantitative estimate of drug-likeness (QED) is 0.777. The third-order valence-corrected chi connectivity index (χ3v) is 2.52. The molecule has 0 radical (unpaired) electrons. The highest BCUT2D eigenvalue weighted by Gasteiger charge is 2.07. The highest BCUT2D eigenvalue weighted by molar-refractivity contribution is 5.82. The maximum Gasteiger partial charge on any atom is 0.144 e. The van der Waals surface area contributed by atoms with Crippen LogP contribution in [-0.2, 0) is 24.7 Å². The summed E-state index contributed by atoms with van der Waals surface area (Å²) in [5.74, 6) is 1.02. The van der Waals surface area contributed by atoms with Crippen molar-refractivity contribution in [3.8, 4) is 0 Å². The lowest BCUT2D eigenvalue weighted by atomic mass is 10.1. The molecule has 0 bridgehead atoms. The van der Waals surface area contributed by atoms with Gasteiger partial charge in [0, 0.05) is 25.9 Å². The van der Waals surface area contributed by atoms with Crippen molar-refractivity contribution in [2.75, 3.05) is 0 Å². The topological polar surface area (TPSA) is 34.9 Å². The van der Waals surface area contributed by atoms with Crippen LogP contribution < -0.4 is 0 Å². The van der Waals surface area contributed by atoms with Gasteiger partial charge in [0.05, 0.1) is 6.42 Å². The highest BCUT2D eigenvalue weighted by atomic mass is 16.1. The zero-order valence-electron chi connectivity index (χ0n) is 9.26. The zero-order valence-corrected chi connectivity index (χ0v) is 9.26. The zero-order chi connectivity index (χ0) is 11.4. The molecule has 16 heavy (non-hydrogen) atoms. The van der Waals surface area contributed by atoms with Crippen molar-refractivity contribution in [2.45, 2.75) is 12.8 Å².